The van der Waals surface area contributed by atoms with Crippen LogP contribution in [0.15, 0.2) is 53.2 Å². The van der Waals surface area contributed by atoms with Gasteiger partial charge >= 0.3 is 0 Å². The summed E-state index contributed by atoms with van der Waals surface area (Å²) in [5, 5.41) is 7.40. The number of nitrogens with one attached hydrogen (secondary N) is 1. The summed E-state index contributed by atoms with van der Waals surface area (Å²) in [5.41, 5.74) is 0.796. The third kappa shape index (κ3) is 4.11. The summed E-state index contributed by atoms with van der Waals surface area (Å²) < 4.78 is 10.9. The number of rotatable bonds is 6. The lowest BCUT2D eigenvalue weighted by Crippen LogP contribution is -2.18. The van der Waals surface area contributed by atoms with E-state index in [2.05, 4.69) is 20.4 Å². The summed E-state index contributed by atoms with van der Waals surface area (Å²) in [6.07, 6.45) is 2.93. The maximum atomic E-state index is 5.62. The molecule has 0 aliphatic carbocycles. The average Bonchev–Trinajstić information content (AvgIpc) is 3.34. The summed E-state index contributed by atoms with van der Waals surface area (Å²) in [4.78, 5) is 8.80. The highest BCUT2D eigenvalue weighted by Gasteiger charge is 2.16. The van der Waals surface area contributed by atoms with Crippen LogP contribution in [-0.4, -0.2) is 32.7 Å². The summed E-state index contributed by atoms with van der Waals surface area (Å²) in [6, 6.07) is 13.9. The number of benzene rings is 1. The van der Waals surface area contributed by atoms with E-state index in [0.29, 0.717) is 17.8 Å². The molecule has 3 aromatic rings. The number of para-hydroxylation sites is 1. The van der Waals surface area contributed by atoms with Crippen molar-refractivity contribution in [2.45, 2.75) is 19.1 Å². The zero-order chi connectivity index (χ0) is 16.9. The summed E-state index contributed by atoms with van der Waals surface area (Å²) in [6.45, 7) is 0.264. The van der Waals surface area contributed by atoms with E-state index in [4.69, 9.17) is 9.26 Å². The fraction of sp³-hybridized carbons (Fsp3) is 0.278. The minimum Gasteiger partial charge on any atom is -0.485 e. The van der Waals surface area contributed by atoms with Crippen LogP contribution in [0.3, 0.4) is 0 Å². The molecule has 0 amide bonds. The monoisotopic (exact) mass is 354 g/mol. The fourth-order valence-corrected chi connectivity index (χ4v) is 3.71. The predicted molar refractivity (Wildman–Crippen MR) is 97.7 cm³/mol. The molecule has 4 rings (SSSR count). The Morgan fingerprint density at radius 1 is 1.20 bits per heavy atom. The third-order valence-corrected chi connectivity index (χ3v) is 5.03. The van der Waals surface area contributed by atoms with Crippen LogP contribution in [0.4, 0.5) is 5.82 Å². The molecule has 0 saturated carbocycles. The molecule has 128 valence electrons. The van der Waals surface area contributed by atoms with Crippen LogP contribution < -0.4 is 10.1 Å². The Hall–Kier alpha value is -2.54. The SMILES string of the molecule is c1ccc(OCc2noc(-c3ccc(N[C@@H]4CCSC4)nc3)n2)cc1. The van der Waals surface area contributed by atoms with Gasteiger partial charge in [-0.15, -0.1) is 0 Å². The highest BCUT2D eigenvalue weighted by Crippen LogP contribution is 2.22. The normalized spacial score (nSPS) is 16.7. The second-order valence-electron chi connectivity index (χ2n) is 5.75. The Morgan fingerprint density at radius 3 is 2.88 bits per heavy atom. The van der Waals surface area contributed by atoms with Gasteiger partial charge in [-0.2, -0.15) is 16.7 Å². The van der Waals surface area contributed by atoms with Gasteiger partial charge in [0.1, 0.15) is 11.6 Å². The summed E-state index contributed by atoms with van der Waals surface area (Å²) in [7, 11) is 0. The predicted octanol–water partition coefficient (Wildman–Crippen LogP) is 3.63. The molecule has 3 heterocycles. The highest BCUT2D eigenvalue weighted by molar-refractivity contribution is 7.99. The molecule has 2 aromatic heterocycles. The van der Waals surface area contributed by atoms with Crippen molar-refractivity contribution in [1.82, 2.24) is 15.1 Å². The van der Waals surface area contributed by atoms with Crippen LogP contribution in [0.25, 0.3) is 11.5 Å². The van der Waals surface area contributed by atoms with Crippen LogP contribution in [0.1, 0.15) is 12.2 Å². The van der Waals surface area contributed by atoms with E-state index >= 15 is 0 Å². The van der Waals surface area contributed by atoms with Gasteiger partial charge in [-0.05, 0) is 36.4 Å². The van der Waals surface area contributed by atoms with Crippen LogP contribution >= 0.6 is 11.8 Å². The molecule has 1 N–H and O–H groups in total. The van der Waals surface area contributed by atoms with Crippen LogP contribution in [0.5, 0.6) is 5.75 Å². The number of hydrogen-bond donors (Lipinski definition) is 1. The quantitative estimate of drug-likeness (QED) is 0.724. The Balaban J connectivity index is 1.37. The van der Waals surface area contributed by atoms with Crippen molar-refractivity contribution in [3.05, 3.63) is 54.5 Å². The lowest BCUT2D eigenvalue weighted by Gasteiger charge is -2.11. The third-order valence-electron chi connectivity index (χ3n) is 3.87. The number of ether oxygens (including phenoxy) is 1. The molecule has 1 aliphatic heterocycles. The molecule has 7 heteroatoms. The molecule has 0 bridgehead atoms. The Morgan fingerprint density at radius 2 is 2.12 bits per heavy atom. The largest absolute Gasteiger partial charge is 0.485 e. The molecule has 0 unspecified atom stereocenters. The molecule has 0 spiro atoms. The second-order valence-corrected chi connectivity index (χ2v) is 6.90. The number of aromatic nitrogens is 3. The first-order valence-corrected chi connectivity index (χ1v) is 9.33. The molecule has 1 aromatic carbocycles. The first kappa shape index (κ1) is 16.0. The van der Waals surface area contributed by atoms with Crippen LogP contribution in [-0.2, 0) is 6.61 Å². The van der Waals surface area contributed by atoms with Crippen molar-refractivity contribution < 1.29 is 9.26 Å². The van der Waals surface area contributed by atoms with Gasteiger partial charge in [-0.25, -0.2) is 4.98 Å². The van der Waals surface area contributed by atoms with Gasteiger partial charge in [-0.3, -0.25) is 0 Å². The molecule has 1 saturated heterocycles. The Kier molecular flexibility index (Phi) is 4.83. The van der Waals surface area contributed by atoms with Crippen molar-refractivity contribution in [2.75, 3.05) is 16.8 Å². The number of hydrogen-bond acceptors (Lipinski definition) is 7. The molecular weight excluding hydrogens is 336 g/mol. The van der Waals surface area contributed by atoms with E-state index in [-0.39, 0.29) is 6.61 Å². The Bertz CT molecular complexity index is 801. The zero-order valence-electron chi connectivity index (χ0n) is 13.6. The number of nitrogens with zero attached hydrogens (tertiary/aromatic N) is 3. The average molecular weight is 354 g/mol. The van der Waals surface area contributed by atoms with Gasteiger partial charge in [0.2, 0.25) is 5.82 Å². The molecule has 1 atom stereocenters. The topological polar surface area (TPSA) is 73.1 Å². The van der Waals surface area contributed by atoms with Crippen molar-refractivity contribution in [2.24, 2.45) is 0 Å². The standard InChI is InChI=1S/C18H18N4O2S/c1-2-4-15(5-3-1)23-11-17-21-18(24-22-17)13-6-7-16(19-10-13)20-14-8-9-25-12-14/h1-7,10,14H,8-9,11-12H2,(H,19,20)/t14-/m1/s1. The fourth-order valence-electron chi connectivity index (χ4n) is 2.56. The highest BCUT2D eigenvalue weighted by atomic mass is 32.2. The summed E-state index contributed by atoms with van der Waals surface area (Å²) in [5.74, 6) is 4.95. The maximum absolute atomic E-state index is 5.62. The lowest BCUT2D eigenvalue weighted by atomic mass is 10.2. The van der Waals surface area contributed by atoms with Gasteiger partial charge < -0.3 is 14.6 Å². The van der Waals surface area contributed by atoms with Gasteiger partial charge in [-0.1, -0.05) is 23.4 Å². The van der Waals surface area contributed by atoms with Crippen LogP contribution in [0.2, 0.25) is 0 Å². The van der Waals surface area contributed by atoms with E-state index in [1.807, 2.05) is 54.2 Å². The minimum atomic E-state index is 0.264. The maximum Gasteiger partial charge on any atom is 0.259 e. The molecule has 6 nitrogen and oxygen atoms in total. The van der Waals surface area contributed by atoms with E-state index in [9.17, 15) is 0 Å². The van der Waals surface area contributed by atoms with Gasteiger partial charge in [0.05, 0.1) is 5.56 Å². The van der Waals surface area contributed by atoms with Crippen molar-refractivity contribution in [3.63, 3.8) is 0 Å². The zero-order valence-corrected chi connectivity index (χ0v) is 14.4. The van der Waals surface area contributed by atoms with Crippen molar-refractivity contribution in [1.29, 1.82) is 0 Å². The van der Waals surface area contributed by atoms with E-state index in [0.717, 1.165) is 22.9 Å². The van der Waals surface area contributed by atoms with E-state index < -0.39 is 0 Å². The van der Waals surface area contributed by atoms with Gasteiger partial charge in [0, 0.05) is 18.0 Å². The number of thioether (sulfide) groups is 1. The first-order valence-electron chi connectivity index (χ1n) is 8.18. The van der Waals surface area contributed by atoms with Gasteiger partial charge in [0.15, 0.2) is 6.61 Å². The Labute approximate surface area is 150 Å². The number of anilines is 1. The number of pyridine rings is 1. The van der Waals surface area contributed by atoms with Crippen molar-refractivity contribution in [3.8, 4) is 17.2 Å². The van der Waals surface area contributed by atoms with Crippen LogP contribution in [0, 0.1) is 0 Å². The second kappa shape index (κ2) is 7.57. The van der Waals surface area contributed by atoms with E-state index in [1.54, 1.807) is 6.20 Å². The molecular formula is C18H18N4O2S. The minimum absolute atomic E-state index is 0.264. The molecule has 1 aliphatic rings. The van der Waals surface area contributed by atoms with Crippen molar-refractivity contribution >= 4 is 17.6 Å². The first-order chi connectivity index (χ1) is 12.4. The molecule has 1 fully saturated rings. The van der Waals surface area contributed by atoms with Gasteiger partial charge in [0.25, 0.3) is 5.89 Å². The molecule has 0 radical (unpaired) electrons. The van der Waals surface area contributed by atoms with E-state index in [1.165, 1.54) is 12.2 Å². The molecule has 25 heavy (non-hydrogen) atoms. The smallest absolute Gasteiger partial charge is 0.259 e. The lowest BCUT2D eigenvalue weighted by molar-refractivity contribution is 0.287. The summed E-state index contributed by atoms with van der Waals surface area (Å²) >= 11 is 1.97.